The number of methoxy groups -OCH3 is 3. The normalized spacial score (nSPS) is 14.2. The molecule has 1 fully saturated rings. The van der Waals surface area contributed by atoms with Crippen molar-refractivity contribution in [2.45, 2.75) is 38.3 Å². The summed E-state index contributed by atoms with van der Waals surface area (Å²) in [5, 5.41) is 11.9. The zero-order chi connectivity index (χ0) is 26.5. The number of fused-ring (bicyclic) bond motifs is 1. The second kappa shape index (κ2) is 11.6. The number of benzene rings is 2. The summed E-state index contributed by atoms with van der Waals surface area (Å²) in [5.74, 6) is 0.235. The number of piperidine rings is 1. The van der Waals surface area contributed by atoms with E-state index in [4.69, 9.17) is 24.1 Å². The monoisotopic (exact) mass is 508 g/mol. The third-order valence-electron chi connectivity index (χ3n) is 6.30. The Morgan fingerprint density at radius 3 is 2.14 bits per heavy atom. The van der Waals surface area contributed by atoms with Crippen molar-refractivity contribution in [2.75, 3.05) is 34.4 Å². The number of aliphatic carboxylic acids is 1. The molecule has 0 spiro atoms. The number of aromatic amines is 1. The minimum absolute atomic E-state index is 0.541. The van der Waals surface area contributed by atoms with Gasteiger partial charge in [-0.05, 0) is 73.7 Å². The van der Waals surface area contributed by atoms with Gasteiger partial charge >= 0.3 is 12.1 Å². The van der Waals surface area contributed by atoms with Crippen molar-refractivity contribution >= 4 is 16.9 Å². The number of halogens is 3. The van der Waals surface area contributed by atoms with Gasteiger partial charge in [0.1, 0.15) is 5.75 Å². The number of ether oxygens (including phenoxy) is 3. The number of hydrogen-bond donors (Lipinski definition) is 3. The van der Waals surface area contributed by atoms with Crippen LogP contribution in [0.3, 0.4) is 0 Å². The molecule has 1 saturated heterocycles. The first kappa shape index (κ1) is 27.2. The first-order valence-electron chi connectivity index (χ1n) is 11.6. The van der Waals surface area contributed by atoms with Crippen LogP contribution >= 0.6 is 0 Å². The van der Waals surface area contributed by atoms with Crippen LogP contribution in [0.25, 0.3) is 22.2 Å². The summed E-state index contributed by atoms with van der Waals surface area (Å²) >= 11 is 0. The quantitative estimate of drug-likeness (QED) is 0.406. The zero-order valence-corrected chi connectivity index (χ0v) is 20.7. The second-order valence-corrected chi connectivity index (χ2v) is 8.37. The van der Waals surface area contributed by atoms with Crippen molar-refractivity contribution in [1.82, 2.24) is 10.3 Å². The number of carboxylic acid groups (broad SMARTS) is 1. The van der Waals surface area contributed by atoms with E-state index in [-0.39, 0.29) is 0 Å². The van der Waals surface area contributed by atoms with E-state index in [0.717, 1.165) is 66.4 Å². The van der Waals surface area contributed by atoms with Gasteiger partial charge < -0.3 is 29.6 Å². The molecule has 2 heterocycles. The Kier molecular flexibility index (Phi) is 8.73. The highest BCUT2D eigenvalue weighted by Crippen LogP contribution is 2.40. The van der Waals surface area contributed by atoms with Crippen LogP contribution in [-0.2, 0) is 11.2 Å². The molecule has 3 N–H and O–H groups in total. The topological polar surface area (TPSA) is 92.8 Å². The zero-order valence-electron chi connectivity index (χ0n) is 20.7. The molecule has 1 aliphatic heterocycles. The number of aromatic nitrogens is 1. The third kappa shape index (κ3) is 5.87. The Hall–Kier alpha value is -3.40. The van der Waals surface area contributed by atoms with Crippen LogP contribution in [0.15, 0.2) is 30.3 Å². The summed E-state index contributed by atoms with van der Waals surface area (Å²) in [5.41, 5.74) is 5.99. The van der Waals surface area contributed by atoms with Crippen LogP contribution in [-0.4, -0.2) is 56.7 Å². The van der Waals surface area contributed by atoms with E-state index in [0.29, 0.717) is 5.92 Å². The number of alkyl halides is 3. The lowest BCUT2D eigenvalue weighted by atomic mass is 9.88. The maximum Gasteiger partial charge on any atom is 0.490 e. The lowest BCUT2D eigenvalue weighted by Crippen LogP contribution is -2.26. The van der Waals surface area contributed by atoms with Gasteiger partial charge in [0.25, 0.3) is 0 Å². The highest BCUT2D eigenvalue weighted by Gasteiger charge is 2.38. The van der Waals surface area contributed by atoms with Crippen molar-refractivity contribution in [3.8, 4) is 28.5 Å². The maximum atomic E-state index is 10.6. The van der Waals surface area contributed by atoms with Gasteiger partial charge in [-0.15, -0.1) is 0 Å². The molecule has 0 radical (unpaired) electrons. The van der Waals surface area contributed by atoms with E-state index in [9.17, 15) is 13.2 Å². The van der Waals surface area contributed by atoms with Crippen LogP contribution in [0.5, 0.6) is 17.2 Å². The molecule has 1 aromatic heterocycles. The number of nitrogens with one attached hydrogen (secondary N) is 2. The Balaban J connectivity index is 0.000000454. The standard InChI is InChI=1S/C24H30N2O3.C2HF3O2/c1-5-17-19-13-18(15-8-10-25-11-9-15)22(28-3)14-20(19)26-24(17)16-6-7-21(27-2)23(12-16)29-4;3-2(4,5)1(6)7/h6-7,12-15,25-26H,5,8-11H2,1-4H3;(H,6,7). The average Bonchev–Trinajstić information content (AvgIpc) is 3.25. The summed E-state index contributed by atoms with van der Waals surface area (Å²) in [7, 11) is 5.10. The molecular formula is C26H31F3N2O5. The summed E-state index contributed by atoms with van der Waals surface area (Å²) in [6, 6.07) is 10.6. The minimum atomic E-state index is -5.08. The van der Waals surface area contributed by atoms with Gasteiger partial charge in [0.2, 0.25) is 0 Å². The average molecular weight is 509 g/mol. The predicted molar refractivity (Wildman–Crippen MR) is 131 cm³/mol. The molecule has 36 heavy (non-hydrogen) atoms. The number of H-pyrrole nitrogens is 1. The lowest BCUT2D eigenvalue weighted by Gasteiger charge is -2.24. The van der Waals surface area contributed by atoms with Gasteiger partial charge in [-0.25, -0.2) is 4.79 Å². The fraction of sp³-hybridized carbons (Fsp3) is 0.423. The summed E-state index contributed by atoms with van der Waals surface area (Å²) in [6.07, 6.45) is -1.84. The maximum absolute atomic E-state index is 10.6. The Morgan fingerprint density at radius 2 is 1.61 bits per heavy atom. The van der Waals surface area contributed by atoms with Crippen LogP contribution in [0.1, 0.15) is 36.8 Å². The molecular weight excluding hydrogens is 477 g/mol. The van der Waals surface area contributed by atoms with Crippen molar-refractivity contribution in [3.63, 3.8) is 0 Å². The van der Waals surface area contributed by atoms with E-state index in [2.05, 4.69) is 35.4 Å². The summed E-state index contributed by atoms with van der Waals surface area (Å²) in [4.78, 5) is 12.5. The van der Waals surface area contributed by atoms with Crippen molar-refractivity contribution < 1.29 is 37.3 Å². The molecule has 7 nitrogen and oxygen atoms in total. The highest BCUT2D eigenvalue weighted by atomic mass is 19.4. The molecule has 1 aliphatic rings. The van der Waals surface area contributed by atoms with E-state index in [1.165, 1.54) is 16.5 Å². The second-order valence-electron chi connectivity index (χ2n) is 8.37. The fourth-order valence-electron chi connectivity index (χ4n) is 4.53. The number of rotatable bonds is 6. The van der Waals surface area contributed by atoms with Gasteiger partial charge in [-0.2, -0.15) is 13.2 Å². The highest BCUT2D eigenvalue weighted by molar-refractivity contribution is 5.93. The summed E-state index contributed by atoms with van der Waals surface area (Å²) in [6.45, 7) is 4.34. The van der Waals surface area contributed by atoms with Gasteiger partial charge in [0.05, 0.1) is 21.3 Å². The fourth-order valence-corrected chi connectivity index (χ4v) is 4.53. The van der Waals surface area contributed by atoms with Gasteiger partial charge in [0.15, 0.2) is 11.5 Å². The molecule has 196 valence electrons. The molecule has 3 aromatic rings. The molecule has 0 saturated carbocycles. The molecule has 0 amide bonds. The predicted octanol–water partition coefficient (Wildman–Crippen LogP) is 5.52. The molecule has 0 atom stereocenters. The molecule has 10 heteroatoms. The van der Waals surface area contributed by atoms with Crippen LogP contribution in [0.2, 0.25) is 0 Å². The van der Waals surface area contributed by atoms with Crippen LogP contribution in [0, 0.1) is 0 Å². The Bertz CT molecular complexity index is 1200. The SMILES string of the molecule is CCc1c(-c2ccc(OC)c(OC)c2)[nH]c2cc(OC)c(C3CCNCC3)cc12.O=C(O)C(F)(F)F. The van der Waals surface area contributed by atoms with Crippen molar-refractivity contribution in [3.05, 3.63) is 41.5 Å². The van der Waals surface area contributed by atoms with E-state index < -0.39 is 12.1 Å². The molecule has 0 bridgehead atoms. The van der Waals surface area contributed by atoms with Crippen LogP contribution in [0.4, 0.5) is 13.2 Å². The van der Waals surface area contributed by atoms with Crippen LogP contribution < -0.4 is 19.5 Å². The van der Waals surface area contributed by atoms with Crippen molar-refractivity contribution in [2.24, 2.45) is 0 Å². The number of hydrogen-bond acceptors (Lipinski definition) is 5. The van der Waals surface area contributed by atoms with Gasteiger partial charge in [0, 0.05) is 28.2 Å². The summed E-state index contributed by atoms with van der Waals surface area (Å²) < 4.78 is 48.4. The minimum Gasteiger partial charge on any atom is -0.496 e. The molecule has 4 rings (SSSR count). The first-order valence-corrected chi connectivity index (χ1v) is 11.6. The first-order chi connectivity index (χ1) is 17.1. The number of carbonyl (C=O) groups is 1. The van der Waals surface area contributed by atoms with E-state index >= 15 is 0 Å². The smallest absolute Gasteiger partial charge is 0.490 e. The Labute approximate surface area is 207 Å². The molecule has 0 unspecified atom stereocenters. The van der Waals surface area contributed by atoms with E-state index in [1.807, 2.05) is 12.1 Å². The van der Waals surface area contributed by atoms with Crippen molar-refractivity contribution in [1.29, 1.82) is 0 Å². The Morgan fingerprint density at radius 1 is 1.00 bits per heavy atom. The number of carboxylic acids is 1. The third-order valence-corrected chi connectivity index (χ3v) is 6.30. The number of aryl methyl sites for hydroxylation is 1. The molecule has 2 aromatic carbocycles. The lowest BCUT2D eigenvalue weighted by molar-refractivity contribution is -0.192. The molecule has 0 aliphatic carbocycles. The largest absolute Gasteiger partial charge is 0.496 e. The van der Waals surface area contributed by atoms with Gasteiger partial charge in [-0.1, -0.05) is 6.92 Å². The van der Waals surface area contributed by atoms with E-state index in [1.54, 1.807) is 21.3 Å². The van der Waals surface area contributed by atoms with Gasteiger partial charge in [-0.3, -0.25) is 0 Å².